The Morgan fingerprint density at radius 2 is 2.10 bits per heavy atom. The van der Waals surface area contributed by atoms with E-state index >= 15 is 0 Å². The lowest BCUT2D eigenvalue weighted by atomic mass is 10.3. The van der Waals surface area contributed by atoms with Crippen LogP contribution in [0.3, 0.4) is 0 Å². The Morgan fingerprint density at radius 1 is 1.50 bits per heavy atom. The summed E-state index contributed by atoms with van der Waals surface area (Å²) in [5.74, 6) is -0.115. The van der Waals surface area contributed by atoms with E-state index in [0.717, 1.165) is 6.42 Å². The average molecular weight is 145 g/mol. The van der Waals surface area contributed by atoms with E-state index in [1.807, 2.05) is 25.9 Å². The van der Waals surface area contributed by atoms with Gasteiger partial charge in [0, 0.05) is 6.42 Å². The predicted molar refractivity (Wildman–Crippen MR) is 39.6 cm³/mol. The molecule has 0 aliphatic carbocycles. The highest BCUT2D eigenvalue weighted by Crippen LogP contribution is 1.90. The van der Waals surface area contributed by atoms with Crippen LogP contribution in [0.15, 0.2) is 0 Å². The topological polar surface area (TPSA) is 29.5 Å². The van der Waals surface area contributed by atoms with Gasteiger partial charge in [-0.1, -0.05) is 6.92 Å². The molecule has 0 heterocycles. The summed E-state index contributed by atoms with van der Waals surface area (Å²) in [7, 11) is 3.72. The van der Waals surface area contributed by atoms with Crippen LogP contribution in [0.5, 0.6) is 0 Å². The minimum absolute atomic E-state index is 0.115. The smallest absolute Gasteiger partial charge is 0.307 e. The van der Waals surface area contributed by atoms with Gasteiger partial charge in [-0.15, -0.1) is 0 Å². The van der Waals surface area contributed by atoms with Crippen molar-refractivity contribution >= 4 is 5.97 Å². The van der Waals surface area contributed by atoms with Crippen molar-refractivity contribution in [1.82, 2.24) is 4.90 Å². The lowest BCUT2D eigenvalue weighted by Gasteiger charge is -2.09. The number of carbonyl (C=O) groups excluding carboxylic acids is 1. The van der Waals surface area contributed by atoms with Gasteiger partial charge >= 0.3 is 5.97 Å². The molecule has 0 N–H and O–H groups in total. The van der Waals surface area contributed by atoms with E-state index in [1.165, 1.54) is 0 Å². The zero-order chi connectivity index (χ0) is 7.98. The monoisotopic (exact) mass is 145 g/mol. The molecule has 0 aliphatic heterocycles. The molecule has 3 heteroatoms. The first-order chi connectivity index (χ1) is 4.66. The van der Waals surface area contributed by atoms with Crippen molar-refractivity contribution in [2.75, 3.05) is 20.8 Å². The molecule has 0 aromatic rings. The fourth-order valence-electron chi connectivity index (χ4n) is 0.477. The van der Waals surface area contributed by atoms with Crippen LogP contribution in [0.1, 0.15) is 19.8 Å². The molecule has 0 saturated carbocycles. The highest BCUT2D eigenvalue weighted by Gasteiger charge is 1.99. The molecule has 0 saturated heterocycles. The Balaban J connectivity index is 3.22. The average Bonchev–Trinajstić information content (AvgIpc) is 1.85. The first-order valence-corrected chi connectivity index (χ1v) is 3.47. The number of nitrogens with zero attached hydrogens (tertiary/aromatic N) is 1. The summed E-state index contributed by atoms with van der Waals surface area (Å²) in [5, 5.41) is 0. The summed E-state index contributed by atoms with van der Waals surface area (Å²) in [6, 6.07) is 0. The van der Waals surface area contributed by atoms with Gasteiger partial charge in [-0.3, -0.25) is 9.69 Å². The fraction of sp³-hybridized carbons (Fsp3) is 0.857. The van der Waals surface area contributed by atoms with Gasteiger partial charge in [0.05, 0.1) is 0 Å². The molecule has 0 radical (unpaired) electrons. The minimum Gasteiger partial charge on any atom is -0.450 e. The van der Waals surface area contributed by atoms with E-state index in [1.54, 1.807) is 0 Å². The van der Waals surface area contributed by atoms with Crippen LogP contribution in [0, 0.1) is 0 Å². The summed E-state index contributed by atoms with van der Waals surface area (Å²) in [6.45, 7) is 2.34. The van der Waals surface area contributed by atoms with Crippen LogP contribution >= 0.6 is 0 Å². The molecule has 0 bridgehead atoms. The van der Waals surface area contributed by atoms with Crippen molar-refractivity contribution in [3.05, 3.63) is 0 Å². The largest absolute Gasteiger partial charge is 0.450 e. The normalized spacial score (nSPS) is 10.0. The molecule has 60 valence electrons. The summed E-state index contributed by atoms with van der Waals surface area (Å²) < 4.78 is 4.83. The second-order valence-electron chi connectivity index (χ2n) is 2.48. The minimum atomic E-state index is -0.115. The van der Waals surface area contributed by atoms with Gasteiger partial charge in [0.1, 0.15) is 6.73 Å². The maximum Gasteiger partial charge on any atom is 0.307 e. The Hall–Kier alpha value is -0.570. The van der Waals surface area contributed by atoms with E-state index in [2.05, 4.69) is 0 Å². The highest BCUT2D eigenvalue weighted by molar-refractivity contribution is 5.69. The zero-order valence-electron chi connectivity index (χ0n) is 6.89. The predicted octanol–water partition coefficient (Wildman–Crippen LogP) is 0.849. The van der Waals surface area contributed by atoms with Gasteiger partial charge in [0.25, 0.3) is 0 Å². The van der Waals surface area contributed by atoms with E-state index in [4.69, 9.17) is 4.74 Å². The number of esters is 1. The lowest BCUT2D eigenvalue weighted by Crippen LogP contribution is -2.19. The van der Waals surface area contributed by atoms with E-state index in [9.17, 15) is 4.79 Å². The first kappa shape index (κ1) is 9.43. The van der Waals surface area contributed by atoms with E-state index < -0.39 is 0 Å². The van der Waals surface area contributed by atoms with Crippen molar-refractivity contribution < 1.29 is 9.53 Å². The molecule has 3 nitrogen and oxygen atoms in total. The Kier molecular flexibility index (Phi) is 4.94. The molecule has 0 spiro atoms. The maximum absolute atomic E-state index is 10.7. The summed E-state index contributed by atoms with van der Waals surface area (Å²) >= 11 is 0. The third-order valence-electron chi connectivity index (χ3n) is 0.938. The molecule has 10 heavy (non-hydrogen) atoms. The first-order valence-electron chi connectivity index (χ1n) is 3.47. The highest BCUT2D eigenvalue weighted by atomic mass is 16.5. The van der Waals surface area contributed by atoms with E-state index in [0.29, 0.717) is 13.2 Å². The van der Waals surface area contributed by atoms with Crippen LogP contribution in [-0.4, -0.2) is 31.7 Å². The van der Waals surface area contributed by atoms with Gasteiger partial charge in [0.15, 0.2) is 0 Å². The molecular weight excluding hydrogens is 130 g/mol. The maximum atomic E-state index is 10.7. The third-order valence-corrected chi connectivity index (χ3v) is 0.938. The molecule has 0 atom stereocenters. The lowest BCUT2D eigenvalue weighted by molar-refractivity contribution is -0.147. The van der Waals surface area contributed by atoms with Crippen LogP contribution < -0.4 is 0 Å². The Labute approximate surface area is 62.0 Å². The zero-order valence-corrected chi connectivity index (χ0v) is 6.89. The van der Waals surface area contributed by atoms with Crippen molar-refractivity contribution in [2.45, 2.75) is 19.8 Å². The van der Waals surface area contributed by atoms with Crippen LogP contribution in [0.4, 0.5) is 0 Å². The number of hydrogen-bond acceptors (Lipinski definition) is 3. The van der Waals surface area contributed by atoms with Crippen molar-refractivity contribution in [3.63, 3.8) is 0 Å². The van der Waals surface area contributed by atoms with Crippen molar-refractivity contribution in [3.8, 4) is 0 Å². The quantitative estimate of drug-likeness (QED) is 0.434. The summed E-state index contributed by atoms with van der Waals surface area (Å²) in [5.41, 5.74) is 0. The number of hydrogen-bond donors (Lipinski definition) is 0. The van der Waals surface area contributed by atoms with Crippen LogP contribution in [0.25, 0.3) is 0 Å². The molecule has 0 rings (SSSR count). The molecule has 0 fully saturated rings. The van der Waals surface area contributed by atoms with Gasteiger partial charge < -0.3 is 4.74 Å². The number of ether oxygens (including phenoxy) is 1. The summed E-state index contributed by atoms with van der Waals surface area (Å²) in [6.07, 6.45) is 1.38. The number of carbonyl (C=O) groups is 1. The second kappa shape index (κ2) is 5.23. The molecule has 0 aromatic carbocycles. The third kappa shape index (κ3) is 5.56. The van der Waals surface area contributed by atoms with Gasteiger partial charge in [-0.25, -0.2) is 0 Å². The molecule has 0 aromatic heterocycles. The van der Waals surface area contributed by atoms with Crippen LogP contribution in [-0.2, 0) is 9.53 Å². The Morgan fingerprint density at radius 3 is 2.50 bits per heavy atom. The van der Waals surface area contributed by atoms with Gasteiger partial charge in [-0.2, -0.15) is 0 Å². The second-order valence-corrected chi connectivity index (χ2v) is 2.48. The van der Waals surface area contributed by atoms with Crippen molar-refractivity contribution in [1.29, 1.82) is 0 Å². The van der Waals surface area contributed by atoms with Gasteiger partial charge in [-0.05, 0) is 20.5 Å². The standard InChI is InChI=1S/C7H15NO2/c1-4-5-7(9)10-6-8(2)3/h4-6H2,1-3H3. The van der Waals surface area contributed by atoms with E-state index in [-0.39, 0.29) is 5.97 Å². The van der Waals surface area contributed by atoms with Gasteiger partial charge in [0.2, 0.25) is 0 Å². The summed E-state index contributed by atoms with van der Waals surface area (Å²) in [4.78, 5) is 12.5. The van der Waals surface area contributed by atoms with Crippen molar-refractivity contribution in [2.24, 2.45) is 0 Å². The Bertz CT molecular complexity index is 102. The molecular formula is C7H15NO2. The SMILES string of the molecule is CCCC(=O)OCN(C)C. The number of rotatable bonds is 4. The molecule has 0 amide bonds. The fourth-order valence-corrected chi connectivity index (χ4v) is 0.477. The molecule has 0 unspecified atom stereocenters. The molecule has 0 aliphatic rings. The van der Waals surface area contributed by atoms with Crippen LogP contribution in [0.2, 0.25) is 0 Å².